The zero-order valence-electron chi connectivity index (χ0n) is 7.18. The molecule has 2 rings (SSSR count). The van der Waals surface area contributed by atoms with Crippen molar-refractivity contribution in [2.75, 3.05) is 0 Å². The van der Waals surface area contributed by atoms with E-state index < -0.39 is 0 Å². The van der Waals surface area contributed by atoms with Crippen molar-refractivity contribution >= 4 is 0 Å². The van der Waals surface area contributed by atoms with Gasteiger partial charge in [-0.1, -0.05) is 0 Å². The van der Waals surface area contributed by atoms with Crippen molar-refractivity contribution in [3.8, 4) is 0 Å². The van der Waals surface area contributed by atoms with Crippen LogP contribution in [0.3, 0.4) is 0 Å². The molecule has 0 aliphatic heterocycles. The van der Waals surface area contributed by atoms with Crippen LogP contribution in [0.2, 0.25) is 0 Å². The van der Waals surface area contributed by atoms with E-state index in [1.54, 1.807) is 0 Å². The summed E-state index contributed by atoms with van der Waals surface area (Å²) in [6.07, 6.45) is 0. The topological polar surface area (TPSA) is 0 Å². The molecular weight excluding hydrogens is 328 g/mol. The second-order valence-corrected chi connectivity index (χ2v) is 2.15. The van der Waals surface area contributed by atoms with E-state index in [9.17, 15) is 0 Å². The fourth-order valence-electron chi connectivity index (χ4n) is 0.684. The van der Waals surface area contributed by atoms with Gasteiger partial charge >= 0.3 is 21.1 Å². The Kier molecular flexibility index (Phi) is 8.60. The third-order valence-corrected chi connectivity index (χ3v) is 1.21. The molecule has 0 unspecified atom stereocenters. The summed E-state index contributed by atoms with van der Waals surface area (Å²) in [6.45, 7) is 0. The Bertz CT molecular complexity index is 181. The summed E-state index contributed by atoms with van der Waals surface area (Å²) in [5, 5.41) is 0. The van der Waals surface area contributed by atoms with E-state index in [-0.39, 0.29) is 21.1 Å². The van der Waals surface area contributed by atoms with Crippen molar-refractivity contribution in [1.29, 1.82) is 0 Å². The number of hydrogen-bond acceptors (Lipinski definition) is 0. The van der Waals surface area contributed by atoms with Gasteiger partial charge in [0, 0.05) is 0 Å². The maximum Gasteiger partial charge on any atom is 2.00 e. The Labute approximate surface area is 93.9 Å². The Morgan fingerprint density at radius 1 is 0.462 bits per heavy atom. The molecule has 0 saturated carbocycles. The second kappa shape index (κ2) is 9.22. The van der Waals surface area contributed by atoms with Gasteiger partial charge in [-0.3, -0.25) is 0 Å². The first-order valence-corrected chi connectivity index (χ1v) is 3.82. The van der Waals surface area contributed by atoms with Crippen molar-refractivity contribution in [2.24, 2.45) is 0 Å². The van der Waals surface area contributed by atoms with E-state index in [1.807, 2.05) is 60.7 Å². The molecule has 0 spiro atoms. The van der Waals surface area contributed by atoms with Gasteiger partial charge in [0.05, 0.1) is 0 Å². The fourth-order valence-corrected chi connectivity index (χ4v) is 0.684. The van der Waals surface area contributed by atoms with Gasteiger partial charge in [0.15, 0.2) is 0 Å². The molecule has 0 heterocycles. The monoisotopic (exact) mass is 338 g/mol. The molecule has 0 N–H and O–H groups in total. The molecule has 0 aromatic heterocycles. The number of rotatable bonds is 0. The predicted molar refractivity (Wildman–Crippen MR) is 50.6 cm³/mol. The SMILES string of the molecule is [W+2].[c-]1ccccc1.[c-]1ccccc1. The second-order valence-electron chi connectivity index (χ2n) is 2.15. The van der Waals surface area contributed by atoms with E-state index in [0.717, 1.165) is 0 Å². The maximum absolute atomic E-state index is 2.89. The summed E-state index contributed by atoms with van der Waals surface area (Å²) in [4.78, 5) is 0. The first-order chi connectivity index (χ1) is 6.00. The molecule has 2 aromatic carbocycles. The molecular formula is C12H10W. The van der Waals surface area contributed by atoms with E-state index in [1.165, 1.54) is 0 Å². The minimum Gasteiger partial charge on any atom is -0.184 e. The van der Waals surface area contributed by atoms with E-state index in [2.05, 4.69) is 12.1 Å². The molecule has 0 aliphatic carbocycles. The normalized spacial score (nSPS) is 7.38. The van der Waals surface area contributed by atoms with Crippen LogP contribution in [-0.2, 0) is 21.1 Å². The summed E-state index contributed by atoms with van der Waals surface area (Å²) in [6, 6.07) is 25.0. The summed E-state index contributed by atoms with van der Waals surface area (Å²) in [7, 11) is 0. The molecule has 1 heteroatoms. The first kappa shape index (κ1) is 12.1. The Balaban J connectivity index is 0.000000206. The largest absolute Gasteiger partial charge is 2.00 e. The molecule has 13 heavy (non-hydrogen) atoms. The first-order valence-electron chi connectivity index (χ1n) is 3.82. The molecule has 0 atom stereocenters. The molecule has 0 bridgehead atoms. The van der Waals surface area contributed by atoms with Crippen LogP contribution in [0.4, 0.5) is 0 Å². The minimum absolute atomic E-state index is 0. The Morgan fingerprint density at radius 3 is 0.846 bits per heavy atom. The molecule has 0 amide bonds. The molecule has 0 nitrogen and oxygen atoms in total. The maximum atomic E-state index is 2.89. The van der Waals surface area contributed by atoms with E-state index in [0.29, 0.717) is 0 Å². The van der Waals surface area contributed by atoms with E-state index >= 15 is 0 Å². The summed E-state index contributed by atoms with van der Waals surface area (Å²) in [5.41, 5.74) is 0. The van der Waals surface area contributed by atoms with Crippen molar-refractivity contribution in [1.82, 2.24) is 0 Å². The molecule has 0 aliphatic rings. The summed E-state index contributed by atoms with van der Waals surface area (Å²) >= 11 is 0. The Morgan fingerprint density at radius 2 is 0.769 bits per heavy atom. The molecule has 2 aromatic rings. The minimum atomic E-state index is 0. The van der Waals surface area contributed by atoms with Crippen molar-refractivity contribution in [2.45, 2.75) is 0 Å². The quantitative estimate of drug-likeness (QED) is 0.648. The predicted octanol–water partition coefficient (Wildman–Crippen LogP) is 2.97. The van der Waals surface area contributed by atoms with Gasteiger partial charge in [-0.15, -0.1) is 0 Å². The summed E-state index contributed by atoms with van der Waals surface area (Å²) in [5.74, 6) is 0. The van der Waals surface area contributed by atoms with Gasteiger partial charge in [-0.05, 0) is 0 Å². The van der Waals surface area contributed by atoms with Crippen LogP contribution < -0.4 is 0 Å². The van der Waals surface area contributed by atoms with Crippen molar-refractivity contribution < 1.29 is 21.1 Å². The molecule has 0 saturated heterocycles. The van der Waals surface area contributed by atoms with Crippen LogP contribution >= 0.6 is 0 Å². The average molecular weight is 338 g/mol. The van der Waals surface area contributed by atoms with Crippen LogP contribution in [-0.4, -0.2) is 0 Å². The average Bonchev–Trinajstić information content (AvgIpc) is 2.24. The van der Waals surface area contributed by atoms with Gasteiger partial charge in [-0.25, -0.2) is 0 Å². The fraction of sp³-hybridized carbons (Fsp3) is 0. The molecule has 0 radical (unpaired) electrons. The van der Waals surface area contributed by atoms with Crippen LogP contribution in [0.15, 0.2) is 60.7 Å². The standard InChI is InChI=1S/2C6H5.W/c2*1-2-4-6-5-3-1;/h2*1-5H;/q2*-1;+2. The van der Waals surface area contributed by atoms with Gasteiger partial charge in [0.25, 0.3) is 0 Å². The zero-order valence-corrected chi connectivity index (χ0v) is 10.1. The van der Waals surface area contributed by atoms with E-state index in [4.69, 9.17) is 0 Å². The summed E-state index contributed by atoms with van der Waals surface area (Å²) < 4.78 is 0. The van der Waals surface area contributed by atoms with Crippen LogP contribution in [0.1, 0.15) is 0 Å². The van der Waals surface area contributed by atoms with Crippen molar-refractivity contribution in [3.63, 3.8) is 0 Å². The van der Waals surface area contributed by atoms with Gasteiger partial charge < -0.3 is 0 Å². The smallest absolute Gasteiger partial charge is 0.184 e. The van der Waals surface area contributed by atoms with Gasteiger partial charge in [0.1, 0.15) is 0 Å². The zero-order chi connectivity index (χ0) is 8.49. The molecule has 0 fully saturated rings. The third-order valence-electron chi connectivity index (χ3n) is 1.21. The van der Waals surface area contributed by atoms with Crippen LogP contribution in [0, 0.1) is 12.1 Å². The van der Waals surface area contributed by atoms with Crippen LogP contribution in [0.5, 0.6) is 0 Å². The Hall–Kier alpha value is -0.872. The number of benzene rings is 2. The van der Waals surface area contributed by atoms with Gasteiger partial charge in [0.2, 0.25) is 0 Å². The van der Waals surface area contributed by atoms with Crippen molar-refractivity contribution in [3.05, 3.63) is 72.8 Å². The van der Waals surface area contributed by atoms with Crippen LogP contribution in [0.25, 0.3) is 0 Å². The molecule has 64 valence electrons. The third kappa shape index (κ3) is 7.49. The number of hydrogen-bond donors (Lipinski definition) is 0. The van der Waals surface area contributed by atoms with Gasteiger partial charge in [-0.2, -0.15) is 72.8 Å².